The average molecular weight is 442 g/mol. The Morgan fingerprint density at radius 3 is 2.90 bits per heavy atom. The van der Waals surface area contributed by atoms with Crippen molar-refractivity contribution in [2.45, 2.75) is 32.7 Å². The minimum Gasteiger partial charge on any atom is -0.492 e. The quantitative estimate of drug-likeness (QED) is 0.681. The van der Waals surface area contributed by atoms with Crippen LogP contribution in [-0.4, -0.2) is 49.5 Å². The lowest BCUT2D eigenvalue weighted by Gasteiger charge is -2.32. The molecule has 31 heavy (non-hydrogen) atoms. The van der Waals surface area contributed by atoms with E-state index in [1.807, 2.05) is 31.2 Å². The number of para-hydroxylation sites is 2. The third kappa shape index (κ3) is 5.46. The van der Waals surface area contributed by atoms with Gasteiger partial charge >= 0.3 is 0 Å². The molecule has 2 aromatic rings. The lowest BCUT2D eigenvalue weighted by Crippen LogP contribution is -2.42. The summed E-state index contributed by atoms with van der Waals surface area (Å²) in [5.74, 6) is 0.803. The van der Waals surface area contributed by atoms with Crippen molar-refractivity contribution in [3.63, 3.8) is 0 Å². The Hall–Kier alpha value is -2.38. The number of amides is 2. The maximum Gasteiger partial charge on any atom is 0.227 e. The molecule has 0 bridgehead atoms. The molecule has 166 valence electrons. The minimum atomic E-state index is -0.312. The molecule has 6 nitrogen and oxygen atoms in total. The van der Waals surface area contributed by atoms with Crippen LogP contribution in [-0.2, 0) is 16.1 Å². The van der Waals surface area contributed by atoms with E-state index in [1.165, 1.54) is 4.88 Å². The fraction of sp³-hybridized carbons (Fsp3) is 0.500. The Balaban J connectivity index is 1.29. The van der Waals surface area contributed by atoms with Crippen molar-refractivity contribution in [3.8, 4) is 5.75 Å². The second kappa shape index (κ2) is 10.3. The first-order chi connectivity index (χ1) is 15.1. The maximum absolute atomic E-state index is 12.8. The van der Waals surface area contributed by atoms with Crippen molar-refractivity contribution in [2.75, 3.05) is 37.7 Å². The Kier molecular flexibility index (Phi) is 7.25. The van der Waals surface area contributed by atoms with Gasteiger partial charge in [0.1, 0.15) is 5.75 Å². The molecule has 0 spiro atoms. The summed E-state index contributed by atoms with van der Waals surface area (Å²) in [4.78, 5) is 31.0. The topological polar surface area (TPSA) is 61.9 Å². The van der Waals surface area contributed by atoms with E-state index in [-0.39, 0.29) is 24.2 Å². The summed E-state index contributed by atoms with van der Waals surface area (Å²) in [6, 6.07) is 11.8. The van der Waals surface area contributed by atoms with Crippen LogP contribution in [0.25, 0.3) is 0 Å². The van der Waals surface area contributed by atoms with Crippen LogP contribution in [0.5, 0.6) is 5.75 Å². The standard InChI is InChI=1S/C24H31N3O3S/c1-2-30-22-10-4-3-9-21(22)27-16-19(13-23(27)28)24(29)25-14-18-7-5-11-26(15-18)17-20-8-6-12-31-20/h3-4,6,8-10,12,18-19H,2,5,7,11,13-17H2,1H3,(H,25,29). The van der Waals surface area contributed by atoms with Crippen LogP contribution in [0.1, 0.15) is 31.1 Å². The summed E-state index contributed by atoms with van der Waals surface area (Å²) in [7, 11) is 0. The molecule has 3 heterocycles. The third-order valence-electron chi connectivity index (χ3n) is 6.08. The number of nitrogens with one attached hydrogen (secondary N) is 1. The maximum atomic E-state index is 12.8. The number of thiophene rings is 1. The van der Waals surface area contributed by atoms with Crippen LogP contribution in [0.3, 0.4) is 0 Å². The predicted molar refractivity (Wildman–Crippen MR) is 123 cm³/mol. The van der Waals surface area contributed by atoms with E-state index in [0.717, 1.165) is 38.2 Å². The number of likely N-dealkylation sites (tertiary alicyclic amines) is 1. The largest absolute Gasteiger partial charge is 0.492 e. The molecule has 0 radical (unpaired) electrons. The van der Waals surface area contributed by atoms with Crippen molar-refractivity contribution in [1.29, 1.82) is 0 Å². The molecule has 1 aromatic carbocycles. The third-order valence-corrected chi connectivity index (χ3v) is 6.94. The predicted octanol–water partition coefficient (Wildman–Crippen LogP) is 3.53. The van der Waals surface area contributed by atoms with Gasteiger partial charge in [-0.05, 0) is 55.8 Å². The number of piperidine rings is 1. The highest BCUT2D eigenvalue weighted by molar-refractivity contribution is 7.09. The van der Waals surface area contributed by atoms with E-state index < -0.39 is 0 Å². The fourth-order valence-corrected chi connectivity index (χ4v) is 5.29. The number of hydrogen-bond donors (Lipinski definition) is 1. The first-order valence-corrected chi connectivity index (χ1v) is 12.1. The van der Waals surface area contributed by atoms with Crippen LogP contribution in [0.4, 0.5) is 5.69 Å². The highest BCUT2D eigenvalue weighted by Gasteiger charge is 2.36. The van der Waals surface area contributed by atoms with Crippen LogP contribution in [0.2, 0.25) is 0 Å². The van der Waals surface area contributed by atoms with Crippen LogP contribution >= 0.6 is 11.3 Å². The molecular weight excluding hydrogens is 410 g/mol. The van der Waals surface area contributed by atoms with E-state index in [0.29, 0.717) is 31.4 Å². The highest BCUT2D eigenvalue weighted by atomic mass is 32.1. The van der Waals surface area contributed by atoms with Gasteiger partial charge in [0, 0.05) is 37.5 Å². The summed E-state index contributed by atoms with van der Waals surface area (Å²) in [6.07, 6.45) is 2.55. The molecule has 1 N–H and O–H groups in total. The summed E-state index contributed by atoms with van der Waals surface area (Å²) in [6.45, 7) is 6.67. The van der Waals surface area contributed by atoms with Gasteiger partial charge in [0.15, 0.2) is 0 Å². The van der Waals surface area contributed by atoms with Gasteiger partial charge in [-0.2, -0.15) is 0 Å². The number of hydrogen-bond acceptors (Lipinski definition) is 5. The average Bonchev–Trinajstić information content (AvgIpc) is 3.43. The van der Waals surface area contributed by atoms with Gasteiger partial charge in [0.05, 0.1) is 18.2 Å². The van der Waals surface area contributed by atoms with Crippen molar-refractivity contribution in [1.82, 2.24) is 10.2 Å². The molecule has 0 saturated carbocycles. The Morgan fingerprint density at radius 2 is 2.10 bits per heavy atom. The fourth-order valence-electron chi connectivity index (χ4n) is 4.55. The molecule has 0 aliphatic carbocycles. The zero-order valence-corrected chi connectivity index (χ0v) is 18.9. The molecule has 2 amide bonds. The zero-order valence-electron chi connectivity index (χ0n) is 18.1. The molecule has 2 atom stereocenters. The molecule has 2 aliphatic rings. The van der Waals surface area contributed by atoms with Crippen molar-refractivity contribution < 1.29 is 14.3 Å². The van der Waals surface area contributed by atoms with Crippen molar-refractivity contribution in [3.05, 3.63) is 46.7 Å². The van der Waals surface area contributed by atoms with Crippen molar-refractivity contribution >= 4 is 28.8 Å². The first-order valence-electron chi connectivity index (χ1n) is 11.2. The Morgan fingerprint density at radius 1 is 1.23 bits per heavy atom. The molecule has 7 heteroatoms. The molecule has 2 fully saturated rings. The van der Waals surface area contributed by atoms with Gasteiger partial charge in [-0.15, -0.1) is 11.3 Å². The Labute approximate surface area is 188 Å². The Bertz CT molecular complexity index is 886. The number of rotatable bonds is 8. The van der Waals surface area contributed by atoms with Crippen molar-refractivity contribution in [2.24, 2.45) is 11.8 Å². The summed E-state index contributed by atoms with van der Waals surface area (Å²) in [5, 5.41) is 5.25. The van der Waals surface area contributed by atoms with Gasteiger partial charge < -0.3 is 15.0 Å². The van der Waals surface area contributed by atoms with E-state index >= 15 is 0 Å². The zero-order chi connectivity index (χ0) is 21.6. The lowest BCUT2D eigenvalue weighted by atomic mass is 9.97. The second-order valence-corrected chi connectivity index (χ2v) is 9.41. The normalized spacial score (nSPS) is 22.0. The van der Waals surface area contributed by atoms with E-state index in [9.17, 15) is 9.59 Å². The summed E-state index contributed by atoms with van der Waals surface area (Å²) < 4.78 is 5.67. The van der Waals surface area contributed by atoms with Gasteiger partial charge in [-0.1, -0.05) is 18.2 Å². The molecule has 2 aliphatic heterocycles. The van der Waals surface area contributed by atoms with Gasteiger partial charge in [0.2, 0.25) is 11.8 Å². The second-order valence-electron chi connectivity index (χ2n) is 8.37. The number of benzene rings is 1. The monoisotopic (exact) mass is 441 g/mol. The SMILES string of the molecule is CCOc1ccccc1N1CC(C(=O)NCC2CCCN(Cc3cccs3)C2)CC1=O. The smallest absolute Gasteiger partial charge is 0.227 e. The van der Waals surface area contributed by atoms with Gasteiger partial charge in [0.25, 0.3) is 0 Å². The van der Waals surface area contributed by atoms with E-state index in [1.54, 1.807) is 16.2 Å². The van der Waals surface area contributed by atoms with E-state index in [4.69, 9.17) is 4.74 Å². The summed E-state index contributed by atoms with van der Waals surface area (Å²) >= 11 is 1.80. The number of nitrogens with zero attached hydrogens (tertiary/aromatic N) is 2. The van der Waals surface area contributed by atoms with Crippen LogP contribution in [0, 0.1) is 11.8 Å². The minimum absolute atomic E-state index is 0.0138. The summed E-state index contributed by atoms with van der Waals surface area (Å²) in [5.41, 5.74) is 0.751. The molecule has 2 saturated heterocycles. The number of ether oxygens (including phenoxy) is 1. The number of carbonyl (C=O) groups excluding carboxylic acids is 2. The molecule has 1 aromatic heterocycles. The highest BCUT2D eigenvalue weighted by Crippen LogP contribution is 2.33. The van der Waals surface area contributed by atoms with Crippen LogP contribution < -0.4 is 15.0 Å². The number of carbonyl (C=O) groups is 2. The number of anilines is 1. The van der Waals surface area contributed by atoms with Crippen LogP contribution in [0.15, 0.2) is 41.8 Å². The van der Waals surface area contributed by atoms with Gasteiger partial charge in [-0.3, -0.25) is 14.5 Å². The van der Waals surface area contributed by atoms with E-state index in [2.05, 4.69) is 27.7 Å². The van der Waals surface area contributed by atoms with Gasteiger partial charge in [-0.25, -0.2) is 0 Å². The first kappa shape index (κ1) is 21.8. The lowest BCUT2D eigenvalue weighted by molar-refractivity contribution is -0.126. The molecule has 4 rings (SSSR count). The molecular formula is C24H31N3O3S. The molecule has 2 unspecified atom stereocenters.